The third kappa shape index (κ3) is 3.98. The number of esters is 1. The first-order chi connectivity index (χ1) is 12.6. The summed E-state index contributed by atoms with van der Waals surface area (Å²) in [7, 11) is 0. The van der Waals surface area contributed by atoms with Crippen LogP contribution in [0.5, 0.6) is 0 Å². The van der Waals surface area contributed by atoms with Crippen LogP contribution in [0.2, 0.25) is 5.02 Å². The van der Waals surface area contributed by atoms with E-state index in [4.69, 9.17) is 20.8 Å². The Morgan fingerprint density at radius 3 is 2.67 bits per heavy atom. The van der Waals surface area contributed by atoms with Gasteiger partial charge in [0.1, 0.15) is 6.61 Å². The predicted molar refractivity (Wildman–Crippen MR) is 94.8 cm³/mol. The molecule has 0 aliphatic heterocycles. The molecule has 10 heteroatoms. The monoisotopic (exact) mass is 464 g/mol. The molecule has 0 aromatic carbocycles. The number of hydrogen-bond donors (Lipinski definition) is 0. The van der Waals surface area contributed by atoms with Crippen LogP contribution >= 0.6 is 27.5 Å². The van der Waals surface area contributed by atoms with Gasteiger partial charge in [0, 0.05) is 6.20 Å². The summed E-state index contributed by atoms with van der Waals surface area (Å²) < 4.78 is 51.3. The van der Waals surface area contributed by atoms with E-state index in [1.54, 1.807) is 0 Å². The maximum Gasteiger partial charge on any atom is 0.417 e. The van der Waals surface area contributed by atoms with Crippen molar-refractivity contribution in [1.29, 1.82) is 0 Å². The smallest absolute Gasteiger partial charge is 0.417 e. The lowest BCUT2D eigenvalue weighted by Gasteiger charge is -2.11. The highest BCUT2D eigenvalue weighted by Gasteiger charge is 2.32. The largest absolute Gasteiger partial charge is 0.453 e. The minimum Gasteiger partial charge on any atom is -0.453 e. The van der Waals surface area contributed by atoms with E-state index < -0.39 is 17.7 Å². The second-order valence-corrected chi connectivity index (χ2v) is 7.24. The Hall–Kier alpha value is -2.00. The maximum atomic E-state index is 13.1. The normalized spacial score (nSPS) is 12.1. The highest BCUT2D eigenvalue weighted by molar-refractivity contribution is 9.10. The molecule has 0 aliphatic rings. The number of ether oxygens (including phenoxy) is 1. The molecule has 3 rings (SSSR count). The van der Waals surface area contributed by atoms with Gasteiger partial charge in [-0.2, -0.15) is 13.2 Å². The molecule has 5 nitrogen and oxygen atoms in total. The third-order valence-electron chi connectivity index (χ3n) is 3.79. The number of halogens is 5. The van der Waals surface area contributed by atoms with E-state index in [2.05, 4.69) is 20.9 Å². The van der Waals surface area contributed by atoms with Crippen LogP contribution in [0.15, 0.2) is 33.5 Å². The predicted octanol–water partition coefficient (Wildman–Crippen LogP) is 5.84. The number of alkyl halides is 3. The van der Waals surface area contributed by atoms with Crippen LogP contribution in [-0.2, 0) is 17.5 Å². The summed E-state index contributed by atoms with van der Waals surface area (Å²) in [6.45, 7) is 3.37. The number of rotatable bonds is 4. The van der Waals surface area contributed by atoms with Gasteiger partial charge in [0.05, 0.1) is 22.0 Å². The first-order valence-corrected chi connectivity index (χ1v) is 8.95. The molecule has 0 radical (unpaired) electrons. The Kier molecular flexibility index (Phi) is 5.27. The molecule has 0 unspecified atom stereocenters. The van der Waals surface area contributed by atoms with Gasteiger partial charge in [-0.3, -0.25) is 4.40 Å². The van der Waals surface area contributed by atoms with Gasteiger partial charge in [-0.15, -0.1) is 0 Å². The Morgan fingerprint density at radius 1 is 1.41 bits per heavy atom. The van der Waals surface area contributed by atoms with E-state index in [0.717, 1.165) is 12.3 Å². The fraction of sp³-hybridized carbons (Fsp3) is 0.294. The van der Waals surface area contributed by atoms with E-state index in [1.165, 1.54) is 16.5 Å². The van der Waals surface area contributed by atoms with Crippen molar-refractivity contribution in [2.75, 3.05) is 0 Å². The van der Waals surface area contributed by atoms with E-state index in [1.807, 2.05) is 13.8 Å². The molecule has 0 N–H and O–H groups in total. The average Bonchev–Trinajstić information content (AvgIpc) is 3.16. The lowest BCUT2D eigenvalue weighted by molar-refractivity contribution is -0.137. The second kappa shape index (κ2) is 7.20. The van der Waals surface area contributed by atoms with Crippen molar-refractivity contribution >= 4 is 39.1 Å². The number of furan rings is 1. The summed E-state index contributed by atoms with van der Waals surface area (Å²) in [5.74, 6) is -0.902. The van der Waals surface area contributed by atoms with Crippen LogP contribution in [0.25, 0.3) is 5.65 Å². The molecule has 0 saturated carbocycles. The highest BCUT2D eigenvalue weighted by Crippen LogP contribution is 2.34. The molecule has 0 aliphatic carbocycles. The molecular weight excluding hydrogens is 453 g/mol. The van der Waals surface area contributed by atoms with Crippen molar-refractivity contribution in [3.8, 4) is 0 Å². The van der Waals surface area contributed by atoms with Gasteiger partial charge in [-0.1, -0.05) is 25.4 Å². The van der Waals surface area contributed by atoms with Crippen LogP contribution in [0.4, 0.5) is 13.2 Å². The number of pyridine rings is 1. The molecule has 0 bridgehead atoms. The molecule has 3 heterocycles. The van der Waals surface area contributed by atoms with Crippen molar-refractivity contribution in [2.45, 2.75) is 32.5 Å². The zero-order chi connectivity index (χ0) is 19.9. The lowest BCUT2D eigenvalue weighted by atomic mass is 10.1. The number of carbonyl (C=O) groups is 1. The van der Waals surface area contributed by atoms with E-state index >= 15 is 0 Å². The maximum absolute atomic E-state index is 13.1. The number of fused-ring (bicyclic) bond motifs is 1. The Labute approximate surface area is 165 Å². The van der Waals surface area contributed by atoms with E-state index in [0.29, 0.717) is 16.1 Å². The second-order valence-electron chi connectivity index (χ2n) is 6.05. The molecule has 0 amide bonds. The number of hydrogen-bond acceptors (Lipinski definition) is 4. The van der Waals surface area contributed by atoms with Gasteiger partial charge < -0.3 is 9.15 Å². The summed E-state index contributed by atoms with van der Waals surface area (Å²) in [5.41, 5.74) is 0.0482. The van der Waals surface area contributed by atoms with Crippen LogP contribution in [0, 0.1) is 0 Å². The molecular formula is C17H13BrClF3N2O3. The first-order valence-electron chi connectivity index (χ1n) is 7.78. The van der Waals surface area contributed by atoms with Crippen LogP contribution in [0.3, 0.4) is 0 Å². The van der Waals surface area contributed by atoms with Gasteiger partial charge in [-0.25, -0.2) is 9.78 Å². The third-order valence-corrected chi connectivity index (χ3v) is 4.50. The van der Waals surface area contributed by atoms with Crippen LogP contribution in [-0.4, -0.2) is 15.4 Å². The van der Waals surface area contributed by atoms with Gasteiger partial charge in [0.25, 0.3) is 0 Å². The molecule has 27 heavy (non-hydrogen) atoms. The molecule has 0 saturated heterocycles. The Morgan fingerprint density at radius 2 is 2.11 bits per heavy atom. The Balaban J connectivity index is 2.02. The van der Waals surface area contributed by atoms with Crippen LogP contribution < -0.4 is 0 Å². The van der Waals surface area contributed by atoms with Crippen molar-refractivity contribution in [3.63, 3.8) is 0 Å². The molecule has 0 fully saturated rings. The summed E-state index contributed by atoms with van der Waals surface area (Å²) in [6, 6.07) is 3.77. The first kappa shape index (κ1) is 19.8. The van der Waals surface area contributed by atoms with Crippen molar-refractivity contribution < 1.29 is 27.1 Å². The zero-order valence-electron chi connectivity index (χ0n) is 14.1. The average molecular weight is 466 g/mol. The topological polar surface area (TPSA) is 56.7 Å². The molecule has 3 aromatic heterocycles. The minimum atomic E-state index is -4.57. The van der Waals surface area contributed by atoms with E-state index in [9.17, 15) is 18.0 Å². The number of carbonyl (C=O) groups excluding carboxylic acids is 1. The van der Waals surface area contributed by atoms with Crippen LogP contribution in [0.1, 0.15) is 47.3 Å². The number of imidazole rings is 1. The minimum absolute atomic E-state index is 0.0317. The van der Waals surface area contributed by atoms with Gasteiger partial charge in [0.2, 0.25) is 5.76 Å². The quantitative estimate of drug-likeness (QED) is 0.454. The molecule has 0 spiro atoms. The van der Waals surface area contributed by atoms with Gasteiger partial charge in [-0.05, 0) is 40.0 Å². The molecule has 144 valence electrons. The van der Waals surface area contributed by atoms with E-state index in [-0.39, 0.29) is 29.0 Å². The lowest BCUT2D eigenvalue weighted by Crippen LogP contribution is -2.10. The molecule has 3 aromatic rings. The summed E-state index contributed by atoms with van der Waals surface area (Å²) >= 11 is 9.09. The Bertz CT molecular complexity index is 1010. The number of nitrogens with zero attached hydrogens (tertiary/aromatic N) is 2. The van der Waals surface area contributed by atoms with Gasteiger partial charge in [0.15, 0.2) is 10.3 Å². The fourth-order valence-corrected chi connectivity index (χ4v) is 3.12. The van der Waals surface area contributed by atoms with Crippen molar-refractivity contribution in [2.24, 2.45) is 0 Å². The SMILES string of the molecule is CC(C)c1nc2c(Cl)cc(C(F)(F)F)cn2c1COC(=O)c1ccc(Br)o1. The summed E-state index contributed by atoms with van der Waals surface area (Å²) in [6.07, 6.45) is -3.68. The van der Waals surface area contributed by atoms with Crippen molar-refractivity contribution in [1.82, 2.24) is 9.38 Å². The zero-order valence-corrected chi connectivity index (χ0v) is 16.4. The fourth-order valence-electron chi connectivity index (χ4n) is 2.56. The van der Waals surface area contributed by atoms with Gasteiger partial charge >= 0.3 is 12.1 Å². The standard InChI is InChI=1S/C17H13BrClF3N2O3/c1-8(2)14-11(7-26-16(25)12-3-4-13(18)27-12)24-6-9(17(20,21)22)5-10(19)15(24)23-14/h3-6,8H,7H2,1-2H3. The molecule has 0 atom stereocenters. The summed E-state index contributed by atoms with van der Waals surface area (Å²) in [4.78, 5) is 16.4. The number of aromatic nitrogens is 2. The summed E-state index contributed by atoms with van der Waals surface area (Å²) in [5, 5.41) is -0.140. The van der Waals surface area contributed by atoms with Crippen molar-refractivity contribution in [3.05, 3.63) is 56.8 Å². The highest BCUT2D eigenvalue weighted by atomic mass is 79.9.